The Balaban J connectivity index is 1.37. The van der Waals surface area contributed by atoms with E-state index in [-0.39, 0.29) is 17.5 Å². The predicted molar refractivity (Wildman–Crippen MR) is 108 cm³/mol. The number of carbonyl (C=O) groups is 1. The normalized spacial score (nSPS) is 13.9. The summed E-state index contributed by atoms with van der Waals surface area (Å²) in [6, 6.07) is 14.9. The fourth-order valence-electron chi connectivity index (χ4n) is 3.28. The highest BCUT2D eigenvalue weighted by molar-refractivity contribution is 6.04. The van der Waals surface area contributed by atoms with Crippen LogP contribution in [0.5, 0.6) is 0 Å². The number of nitrogens with one attached hydrogen (secondary N) is 2. The maximum absolute atomic E-state index is 12.5. The van der Waals surface area contributed by atoms with Gasteiger partial charge in [-0.15, -0.1) is 0 Å². The second-order valence-electron chi connectivity index (χ2n) is 6.88. The largest absolute Gasteiger partial charge is 0.377 e. The number of carbonyl (C=O) groups excluding carboxylic acids is 1. The number of anilines is 1. The Hall–Kier alpha value is -3.78. The molecule has 0 spiro atoms. The molecule has 4 aromatic rings. The van der Waals surface area contributed by atoms with Crippen molar-refractivity contribution in [3.05, 3.63) is 76.8 Å². The molecule has 0 atom stereocenters. The number of hydrogen-bond donors (Lipinski definition) is 2. The van der Waals surface area contributed by atoms with E-state index in [1.807, 2.05) is 30.3 Å². The van der Waals surface area contributed by atoms with E-state index in [0.29, 0.717) is 35.5 Å². The van der Waals surface area contributed by atoms with Crippen molar-refractivity contribution in [2.24, 2.45) is 0 Å². The van der Waals surface area contributed by atoms with Crippen LogP contribution in [0.15, 0.2) is 65.7 Å². The number of amides is 1. The molecule has 5 rings (SSSR count). The molecule has 3 heterocycles. The number of rotatable bonds is 4. The molecule has 2 aromatic heterocycles. The average molecular weight is 387 g/mol. The van der Waals surface area contributed by atoms with Gasteiger partial charge in [0.25, 0.3) is 11.5 Å². The van der Waals surface area contributed by atoms with E-state index in [1.165, 1.54) is 0 Å². The van der Waals surface area contributed by atoms with Gasteiger partial charge in [0.1, 0.15) is 0 Å². The van der Waals surface area contributed by atoms with Gasteiger partial charge in [-0.1, -0.05) is 30.3 Å². The Bertz CT molecular complexity index is 1260. The molecule has 0 bridgehead atoms. The van der Waals surface area contributed by atoms with Crippen molar-refractivity contribution in [3.63, 3.8) is 0 Å². The Morgan fingerprint density at radius 1 is 1.10 bits per heavy atom. The maximum atomic E-state index is 12.5. The molecule has 2 N–H and O–H groups in total. The quantitative estimate of drug-likeness (QED) is 0.560. The topological polar surface area (TPSA) is 102 Å². The predicted octanol–water partition coefficient (Wildman–Crippen LogP) is 2.61. The molecular formula is C21H17N5O3. The number of fused-ring (bicyclic) bond motifs is 1. The lowest BCUT2D eigenvalue weighted by Crippen LogP contribution is -2.30. The van der Waals surface area contributed by atoms with Gasteiger partial charge in [-0.25, -0.2) is 5.10 Å². The maximum Gasteiger partial charge on any atom is 0.272 e. The Morgan fingerprint density at radius 3 is 2.59 bits per heavy atom. The molecular weight excluding hydrogens is 370 g/mol. The van der Waals surface area contributed by atoms with E-state index in [9.17, 15) is 9.59 Å². The molecule has 8 nitrogen and oxygen atoms in total. The van der Waals surface area contributed by atoms with Crippen molar-refractivity contribution in [1.29, 1.82) is 0 Å². The fourth-order valence-corrected chi connectivity index (χ4v) is 3.28. The van der Waals surface area contributed by atoms with Crippen LogP contribution in [-0.2, 0) is 4.74 Å². The molecule has 1 saturated heterocycles. The van der Waals surface area contributed by atoms with Crippen LogP contribution in [0.25, 0.3) is 22.0 Å². The zero-order valence-electron chi connectivity index (χ0n) is 15.3. The first kappa shape index (κ1) is 17.3. The third-order valence-corrected chi connectivity index (χ3v) is 4.97. The van der Waals surface area contributed by atoms with Crippen LogP contribution in [0, 0.1) is 0 Å². The van der Waals surface area contributed by atoms with Crippen molar-refractivity contribution < 1.29 is 9.53 Å². The van der Waals surface area contributed by atoms with E-state index in [2.05, 4.69) is 20.6 Å². The van der Waals surface area contributed by atoms with E-state index in [1.54, 1.807) is 35.3 Å². The van der Waals surface area contributed by atoms with Gasteiger partial charge in [-0.05, 0) is 18.2 Å². The molecule has 1 fully saturated rings. The standard InChI is InChI=1S/C21H17N5O3/c27-20(14-9-22-26(10-14)16-11-29-12-16)23-15-7-5-13(6-8-15)19-17-3-1-2-4-18(17)21(28)25-24-19/h1-10,16H,11-12H2,(H,23,27)(H,25,28). The SMILES string of the molecule is O=C(Nc1ccc(-c2n[nH]c(=O)c3ccccc23)cc1)c1cnn(C2COC2)c1. The first-order chi connectivity index (χ1) is 14.2. The Morgan fingerprint density at radius 2 is 1.86 bits per heavy atom. The first-order valence-electron chi connectivity index (χ1n) is 9.20. The summed E-state index contributed by atoms with van der Waals surface area (Å²) in [6.07, 6.45) is 3.28. The summed E-state index contributed by atoms with van der Waals surface area (Å²) >= 11 is 0. The highest BCUT2D eigenvalue weighted by Gasteiger charge is 2.22. The van der Waals surface area contributed by atoms with Crippen LogP contribution in [-0.4, -0.2) is 39.1 Å². The van der Waals surface area contributed by atoms with Gasteiger partial charge >= 0.3 is 0 Å². The molecule has 1 amide bonds. The highest BCUT2D eigenvalue weighted by atomic mass is 16.5. The summed E-state index contributed by atoms with van der Waals surface area (Å²) in [4.78, 5) is 24.4. The van der Waals surface area contributed by atoms with E-state index in [0.717, 1.165) is 10.9 Å². The number of hydrogen-bond acceptors (Lipinski definition) is 5. The van der Waals surface area contributed by atoms with Crippen LogP contribution in [0.4, 0.5) is 5.69 Å². The molecule has 1 aliphatic heterocycles. The lowest BCUT2D eigenvalue weighted by molar-refractivity contribution is -0.0286. The lowest BCUT2D eigenvalue weighted by Gasteiger charge is -2.25. The van der Waals surface area contributed by atoms with Gasteiger partial charge in [-0.3, -0.25) is 14.3 Å². The highest BCUT2D eigenvalue weighted by Crippen LogP contribution is 2.25. The van der Waals surface area contributed by atoms with Crippen molar-refractivity contribution >= 4 is 22.4 Å². The smallest absolute Gasteiger partial charge is 0.272 e. The molecule has 1 aliphatic rings. The lowest BCUT2D eigenvalue weighted by atomic mass is 10.0. The summed E-state index contributed by atoms with van der Waals surface area (Å²) in [7, 11) is 0. The molecule has 0 aliphatic carbocycles. The van der Waals surface area contributed by atoms with Crippen molar-refractivity contribution in [1.82, 2.24) is 20.0 Å². The Kier molecular flexibility index (Phi) is 4.18. The van der Waals surface area contributed by atoms with Crippen molar-refractivity contribution in [3.8, 4) is 11.3 Å². The molecule has 144 valence electrons. The van der Waals surface area contributed by atoms with Crippen molar-refractivity contribution in [2.75, 3.05) is 18.5 Å². The number of aromatic nitrogens is 4. The summed E-state index contributed by atoms with van der Waals surface area (Å²) in [6.45, 7) is 1.25. The van der Waals surface area contributed by atoms with Gasteiger partial charge < -0.3 is 10.1 Å². The second-order valence-corrected chi connectivity index (χ2v) is 6.88. The van der Waals surface area contributed by atoms with E-state index >= 15 is 0 Å². The zero-order chi connectivity index (χ0) is 19.8. The minimum atomic E-state index is -0.225. The molecule has 0 unspecified atom stereocenters. The minimum Gasteiger partial charge on any atom is -0.377 e. The Labute approximate surface area is 165 Å². The number of aromatic amines is 1. The van der Waals surface area contributed by atoms with Gasteiger partial charge in [0.05, 0.1) is 42.1 Å². The molecule has 0 radical (unpaired) electrons. The van der Waals surface area contributed by atoms with Gasteiger partial charge in [0.2, 0.25) is 0 Å². The van der Waals surface area contributed by atoms with Gasteiger partial charge in [0.15, 0.2) is 0 Å². The minimum absolute atomic E-state index is 0.204. The zero-order valence-corrected chi connectivity index (χ0v) is 15.3. The number of nitrogens with zero attached hydrogens (tertiary/aromatic N) is 3. The van der Waals surface area contributed by atoms with Crippen LogP contribution in [0.1, 0.15) is 16.4 Å². The van der Waals surface area contributed by atoms with Gasteiger partial charge in [-0.2, -0.15) is 10.2 Å². The number of benzene rings is 2. The molecule has 8 heteroatoms. The molecule has 2 aromatic carbocycles. The number of H-pyrrole nitrogens is 1. The van der Waals surface area contributed by atoms with E-state index < -0.39 is 0 Å². The van der Waals surface area contributed by atoms with E-state index in [4.69, 9.17) is 4.74 Å². The summed E-state index contributed by atoms with van der Waals surface area (Å²) in [5.74, 6) is -0.225. The first-order valence-corrected chi connectivity index (χ1v) is 9.20. The van der Waals surface area contributed by atoms with Crippen LogP contribution >= 0.6 is 0 Å². The van der Waals surface area contributed by atoms with Crippen LogP contribution < -0.4 is 10.9 Å². The summed E-state index contributed by atoms with van der Waals surface area (Å²) in [5, 5.41) is 15.2. The summed E-state index contributed by atoms with van der Waals surface area (Å²) in [5.41, 5.74) is 2.46. The number of ether oxygens (including phenoxy) is 1. The third kappa shape index (κ3) is 3.19. The van der Waals surface area contributed by atoms with Crippen LogP contribution in [0.3, 0.4) is 0 Å². The third-order valence-electron chi connectivity index (χ3n) is 4.97. The molecule has 0 saturated carbocycles. The van der Waals surface area contributed by atoms with Crippen LogP contribution in [0.2, 0.25) is 0 Å². The second kappa shape index (κ2) is 6.99. The monoisotopic (exact) mass is 387 g/mol. The van der Waals surface area contributed by atoms with Gasteiger partial charge in [0, 0.05) is 22.8 Å². The average Bonchev–Trinajstić information content (AvgIpc) is 3.18. The van der Waals surface area contributed by atoms with Crippen molar-refractivity contribution in [2.45, 2.75) is 6.04 Å². The summed E-state index contributed by atoms with van der Waals surface area (Å²) < 4.78 is 6.91. The fraction of sp³-hybridized carbons (Fsp3) is 0.143. The molecule has 29 heavy (non-hydrogen) atoms.